The van der Waals surface area contributed by atoms with Crippen molar-refractivity contribution in [1.29, 1.82) is 0 Å². The number of hydrogen-bond acceptors (Lipinski definition) is 3. The van der Waals surface area contributed by atoms with Gasteiger partial charge in [0.05, 0.1) is 0 Å². The Morgan fingerprint density at radius 3 is 2.33 bits per heavy atom. The van der Waals surface area contributed by atoms with Crippen LogP contribution in [0.1, 0.15) is 39.0 Å². The predicted molar refractivity (Wildman–Crippen MR) is 55.5 cm³/mol. The minimum Gasteiger partial charge on any atom is -0.481 e. The van der Waals surface area contributed by atoms with Gasteiger partial charge in [-0.2, -0.15) is 0 Å². The molecule has 0 aliphatic rings. The van der Waals surface area contributed by atoms with Crippen LogP contribution in [0.3, 0.4) is 0 Å². The van der Waals surface area contributed by atoms with Crippen molar-refractivity contribution >= 4 is 11.9 Å². The van der Waals surface area contributed by atoms with Crippen molar-refractivity contribution in [1.82, 2.24) is 0 Å². The van der Waals surface area contributed by atoms with Crippen molar-refractivity contribution in [2.45, 2.75) is 45.1 Å². The van der Waals surface area contributed by atoms with E-state index in [1.807, 2.05) is 6.92 Å². The highest BCUT2D eigenvalue weighted by molar-refractivity contribution is 5.73. The van der Waals surface area contributed by atoms with E-state index in [-0.39, 0.29) is 18.8 Å². The van der Waals surface area contributed by atoms with E-state index in [1.54, 1.807) is 0 Å². The molecule has 0 aliphatic carbocycles. The largest absolute Gasteiger partial charge is 0.481 e. The van der Waals surface area contributed by atoms with Gasteiger partial charge in [0, 0.05) is 6.42 Å². The monoisotopic (exact) mass is 217 g/mol. The molecular weight excluding hydrogens is 198 g/mol. The van der Waals surface area contributed by atoms with Gasteiger partial charge >= 0.3 is 11.9 Å². The fourth-order valence-electron chi connectivity index (χ4n) is 1.50. The Morgan fingerprint density at radius 2 is 1.93 bits per heavy atom. The summed E-state index contributed by atoms with van der Waals surface area (Å²) in [4.78, 5) is 21.1. The molecule has 0 unspecified atom stereocenters. The third-order valence-corrected chi connectivity index (χ3v) is 2.33. The average Bonchev–Trinajstić information content (AvgIpc) is 2.13. The second kappa shape index (κ2) is 7.23. The molecule has 0 aromatic carbocycles. The van der Waals surface area contributed by atoms with Crippen LogP contribution in [-0.4, -0.2) is 28.2 Å². The van der Waals surface area contributed by atoms with Gasteiger partial charge in [0.25, 0.3) is 0 Å². The van der Waals surface area contributed by atoms with Gasteiger partial charge in [-0.25, -0.2) is 0 Å². The Bertz CT molecular complexity index is 217. The molecule has 0 radical (unpaired) electrons. The lowest BCUT2D eigenvalue weighted by Crippen LogP contribution is -2.32. The lowest BCUT2D eigenvalue weighted by atomic mass is 9.92. The molecule has 0 aromatic rings. The number of carboxylic acid groups (broad SMARTS) is 2. The molecule has 0 rings (SSSR count). The Hall–Kier alpha value is -1.10. The molecule has 88 valence electrons. The zero-order valence-electron chi connectivity index (χ0n) is 8.98. The summed E-state index contributed by atoms with van der Waals surface area (Å²) in [6, 6.07) is -0.953. The maximum absolute atomic E-state index is 10.5. The maximum atomic E-state index is 10.5. The van der Waals surface area contributed by atoms with Gasteiger partial charge in [-0.1, -0.05) is 19.8 Å². The molecule has 15 heavy (non-hydrogen) atoms. The normalized spacial score (nSPS) is 14.5. The topological polar surface area (TPSA) is 101 Å². The summed E-state index contributed by atoms with van der Waals surface area (Å²) >= 11 is 0. The third kappa shape index (κ3) is 6.90. The first-order valence-corrected chi connectivity index (χ1v) is 5.17. The molecule has 0 bridgehead atoms. The van der Waals surface area contributed by atoms with Crippen molar-refractivity contribution < 1.29 is 19.8 Å². The molecule has 0 saturated heterocycles. The van der Waals surface area contributed by atoms with Crippen LogP contribution in [0.25, 0.3) is 0 Å². The lowest BCUT2D eigenvalue weighted by molar-refractivity contribution is -0.141. The summed E-state index contributed by atoms with van der Waals surface area (Å²) < 4.78 is 0. The summed E-state index contributed by atoms with van der Waals surface area (Å²) in [6.07, 6.45) is 2.84. The van der Waals surface area contributed by atoms with Gasteiger partial charge in [-0.15, -0.1) is 0 Å². The molecule has 5 nitrogen and oxygen atoms in total. The van der Waals surface area contributed by atoms with E-state index < -0.39 is 18.0 Å². The highest BCUT2D eigenvalue weighted by Crippen LogP contribution is 2.18. The summed E-state index contributed by atoms with van der Waals surface area (Å²) in [5.74, 6) is -2.09. The van der Waals surface area contributed by atoms with E-state index in [2.05, 4.69) is 0 Å². The number of aliphatic carboxylic acids is 2. The van der Waals surface area contributed by atoms with Crippen LogP contribution < -0.4 is 5.73 Å². The highest BCUT2D eigenvalue weighted by Gasteiger charge is 2.20. The Balaban J connectivity index is 4.10. The first kappa shape index (κ1) is 13.9. The number of unbranched alkanes of at least 4 members (excludes halogenated alkanes) is 1. The number of nitrogens with two attached hydrogens (primary N) is 1. The van der Waals surface area contributed by atoms with Crippen molar-refractivity contribution in [3.05, 3.63) is 0 Å². The number of carbonyl (C=O) groups is 2. The Kier molecular flexibility index (Phi) is 6.70. The zero-order chi connectivity index (χ0) is 11.8. The molecule has 0 aliphatic heterocycles. The zero-order valence-corrected chi connectivity index (χ0v) is 8.98. The molecule has 0 heterocycles. The molecule has 5 heteroatoms. The smallest absolute Gasteiger partial charge is 0.320 e. The summed E-state index contributed by atoms with van der Waals surface area (Å²) in [5.41, 5.74) is 5.37. The predicted octanol–water partition coefficient (Wildman–Crippen LogP) is 1.07. The van der Waals surface area contributed by atoms with Crippen LogP contribution in [0, 0.1) is 5.92 Å². The van der Waals surface area contributed by atoms with Crippen molar-refractivity contribution in [2.75, 3.05) is 0 Å². The van der Waals surface area contributed by atoms with Crippen molar-refractivity contribution in [2.24, 2.45) is 11.7 Å². The van der Waals surface area contributed by atoms with Gasteiger partial charge < -0.3 is 15.9 Å². The summed E-state index contributed by atoms with van der Waals surface area (Å²) in [6.45, 7) is 2.01. The number of hydrogen-bond donors (Lipinski definition) is 3. The summed E-state index contributed by atoms with van der Waals surface area (Å²) in [7, 11) is 0. The van der Waals surface area contributed by atoms with Crippen LogP contribution >= 0.6 is 0 Å². The fourth-order valence-corrected chi connectivity index (χ4v) is 1.50. The first-order valence-electron chi connectivity index (χ1n) is 5.17. The molecule has 0 saturated carbocycles. The molecule has 4 N–H and O–H groups in total. The third-order valence-electron chi connectivity index (χ3n) is 2.33. The SMILES string of the molecule is CCCC[C@@H](CC(=O)O)C[C@H](N)C(=O)O. The van der Waals surface area contributed by atoms with E-state index in [4.69, 9.17) is 15.9 Å². The van der Waals surface area contributed by atoms with Gasteiger partial charge in [0.2, 0.25) is 0 Å². The quantitative estimate of drug-likeness (QED) is 0.564. The molecule has 2 atom stereocenters. The first-order chi connectivity index (χ1) is 6.97. The van der Waals surface area contributed by atoms with Crippen LogP contribution in [0.2, 0.25) is 0 Å². The van der Waals surface area contributed by atoms with E-state index >= 15 is 0 Å². The van der Waals surface area contributed by atoms with E-state index in [1.165, 1.54) is 0 Å². The molecule has 0 aromatic heterocycles. The van der Waals surface area contributed by atoms with Gasteiger partial charge in [-0.05, 0) is 18.8 Å². The van der Waals surface area contributed by atoms with Crippen molar-refractivity contribution in [3.63, 3.8) is 0 Å². The second-order valence-electron chi connectivity index (χ2n) is 3.79. The van der Waals surface area contributed by atoms with E-state index in [0.29, 0.717) is 0 Å². The van der Waals surface area contributed by atoms with Crippen LogP contribution in [0.15, 0.2) is 0 Å². The molecule has 0 amide bonds. The van der Waals surface area contributed by atoms with Crippen LogP contribution in [0.4, 0.5) is 0 Å². The maximum Gasteiger partial charge on any atom is 0.320 e. The average molecular weight is 217 g/mol. The van der Waals surface area contributed by atoms with Gasteiger partial charge in [0.1, 0.15) is 6.04 Å². The second-order valence-corrected chi connectivity index (χ2v) is 3.79. The molecule has 0 spiro atoms. The number of rotatable bonds is 8. The molecule has 0 fully saturated rings. The summed E-state index contributed by atoms with van der Waals surface area (Å²) in [5, 5.41) is 17.3. The van der Waals surface area contributed by atoms with Crippen molar-refractivity contribution in [3.8, 4) is 0 Å². The van der Waals surface area contributed by atoms with Gasteiger partial charge in [-0.3, -0.25) is 9.59 Å². The standard InChI is InChI=1S/C10H19NO4/c1-2-3-4-7(6-9(12)13)5-8(11)10(14)15/h7-8H,2-6,11H2,1H3,(H,12,13)(H,14,15)/t7-,8+/m1/s1. The molecular formula is C10H19NO4. The Labute approximate surface area is 89.3 Å². The fraction of sp³-hybridized carbons (Fsp3) is 0.800. The highest BCUT2D eigenvalue weighted by atomic mass is 16.4. The lowest BCUT2D eigenvalue weighted by Gasteiger charge is -2.16. The van der Waals surface area contributed by atoms with Gasteiger partial charge in [0.15, 0.2) is 0 Å². The van der Waals surface area contributed by atoms with E-state index in [0.717, 1.165) is 19.3 Å². The Morgan fingerprint density at radius 1 is 1.33 bits per heavy atom. The minimum atomic E-state index is -1.07. The van der Waals surface area contributed by atoms with Crippen LogP contribution in [0.5, 0.6) is 0 Å². The number of carboxylic acids is 2. The minimum absolute atomic E-state index is 0.000972. The van der Waals surface area contributed by atoms with E-state index in [9.17, 15) is 9.59 Å². The van der Waals surface area contributed by atoms with Crippen LogP contribution in [-0.2, 0) is 9.59 Å².